The number of nitrogens with zero attached hydrogens (tertiary/aromatic N) is 2. The lowest BCUT2D eigenvalue weighted by molar-refractivity contribution is -0.151. The molecule has 2 unspecified atom stereocenters. The third-order valence-electron chi connectivity index (χ3n) is 4.37. The molecule has 2 aliphatic rings. The molecule has 120 valence electrons. The van der Waals surface area contributed by atoms with Crippen LogP contribution in [0.5, 0.6) is 0 Å². The van der Waals surface area contributed by atoms with E-state index in [1.165, 1.54) is 6.42 Å². The van der Waals surface area contributed by atoms with E-state index >= 15 is 0 Å². The number of likely N-dealkylation sites (tertiary alicyclic amines) is 1. The highest BCUT2D eigenvalue weighted by Crippen LogP contribution is 2.17. The summed E-state index contributed by atoms with van der Waals surface area (Å²) >= 11 is 0. The first kappa shape index (κ1) is 16.2. The zero-order valence-corrected chi connectivity index (χ0v) is 13.1. The smallest absolute Gasteiger partial charge is 0.324 e. The van der Waals surface area contributed by atoms with Crippen molar-refractivity contribution >= 4 is 11.9 Å². The summed E-state index contributed by atoms with van der Waals surface area (Å²) in [7, 11) is 0. The summed E-state index contributed by atoms with van der Waals surface area (Å²) in [4.78, 5) is 28.4. The van der Waals surface area contributed by atoms with Crippen molar-refractivity contribution in [1.29, 1.82) is 0 Å². The highest BCUT2D eigenvalue weighted by Gasteiger charge is 2.33. The van der Waals surface area contributed by atoms with Gasteiger partial charge >= 0.3 is 5.97 Å². The fourth-order valence-electron chi connectivity index (χ4n) is 3.14. The van der Waals surface area contributed by atoms with Crippen molar-refractivity contribution in [1.82, 2.24) is 15.1 Å². The Hall–Kier alpha value is -1.14. The average molecular weight is 297 g/mol. The highest BCUT2D eigenvalue weighted by molar-refractivity contribution is 5.81. The monoisotopic (exact) mass is 297 g/mol. The third kappa shape index (κ3) is 4.17. The molecule has 0 saturated carbocycles. The number of rotatable bonds is 4. The van der Waals surface area contributed by atoms with E-state index in [4.69, 9.17) is 4.74 Å². The van der Waals surface area contributed by atoms with E-state index in [0.29, 0.717) is 32.3 Å². The zero-order valence-electron chi connectivity index (χ0n) is 13.1. The topological polar surface area (TPSA) is 61.9 Å². The fraction of sp³-hybridized carbons (Fsp3) is 0.867. The molecule has 2 heterocycles. The van der Waals surface area contributed by atoms with Gasteiger partial charge in [-0.05, 0) is 33.1 Å². The van der Waals surface area contributed by atoms with Crippen LogP contribution in [0.2, 0.25) is 0 Å². The van der Waals surface area contributed by atoms with E-state index in [2.05, 4.69) is 12.2 Å². The van der Waals surface area contributed by atoms with E-state index in [0.717, 1.165) is 25.9 Å². The van der Waals surface area contributed by atoms with Crippen molar-refractivity contribution < 1.29 is 14.3 Å². The summed E-state index contributed by atoms with van der Waals surface area (Å²) in [5.74, 6) is -0.0948. The van der Waals surface area contributed by atoms with Gasteiger partial charge in [0.15, 0.2) is 0 Å². The van der Waals surface area contributed by atoms with Crippen molar-refractivity contribution in [3.63, 3.8) is 0 Å². The number of hydrogen-bond donors (Lipinski definition) is 1. The number of amides is 1. The Bertz CT molecular complexity index is 375. The first-order chi connectivity index (χ1) is 10.1. The SMILES string of the molecule is CCOC(=O)C1CNCCN1CC(=O)N1CCCCC1C. The van der Waals surface area contributed by atoms with Crippen LogP contribution in [-0.2, 0) is 14.3 Å². The predicted octanol–water partition coefficient (Wildman–Crippen LogP) is 0.224. The summed E-state index contributed by atoms with van der Waals surface area (Å²) in [6, 6.07) is -0.0297. The van der Waals surface area contributed by atoms with Gasteiger partial charge < -0.3 is 15.0 Å². The molecule has 2 aliphatic heterocycles. The van der Waals surface area contributed by atoms with Gasteiger partial charge in [0.05, 0.1) is 13.2 Å². The summed E-state index contributed by atoms with van der Waals surface area (Å²) in [6.45, 7) is 7.51. The van der Waals surface area contributed by atoms with Crippen LogP contribution in [0.1, 0.15) is 33.1 Å². The summed E-state index contributed by atoms with van der Waals surface area (Å²) in [5.41, 5.74) is 0. The van der Waals surface area contributed by atoms with Crippen molar-refractivity contribution in [2.24, 2.45) is 0 Å². The summed E-state index contributed by atoms with van der Waals surface area (Å²) < 4.78 is 5.11. The molecule has 1 N–H and O–H groups in total. The van der Waals surface area contributed by atoms with Crippen LogP contribution >= 0.6 is 0 Å². The number of piperazine rings is 1. The van der Waals surface area contributed by atoms with E-state index in [1.807, 2.05) is 9.80 Å². The maximum Gasteiger partial charge on any atom is 0.324 e. The number of carbonyl (C=O) groups is 2. The standard InChI is InChI=1S/C15H27N3O3/c1-3-21-15(20)13-10-16-7-9-17(13)11-14(19)18-8-5-4-6-12(18)2/h12-13,16H,3-11H2,1-2H3. The highest BCUT2D eigenvalue weighted by atomic mass is 16.5. The van der Waals surface area contributed by atoms with Gasteiger partial charge in [-0.25, -0.2) is 0 Å². The van der Waals surface area contributed by atoms with Crippen molar-refractivity contribution in [2.75, 3.05) is 39.3 Å². The molecular weight excluding hydrogens is 270 g/mol. The Morgan fingerprint density at radius 3 is 2.81 bits per heavy atom. The van der Waals surface area contributed by atoms with Crippen LogP contribution in [0, 0.1) is 0 Å². The van der Waals surface area contributed by atoms with Crippen LogP contribution in [-0.4, -0.2) is 73.1 Å². The molecule has 6 heteroatoms. The molecule has 0 aromatic heterocycles. The molecule has 0 radical (unpaired) electrons. The van der Waals surface area contributed by atoms with E-state index in [1.54, 1.807) is 6.92 Å². The molecule has 1 amide bonds. The zero-order chi connectivity index (χ0) is 15.2. The maximum absolute atomic E-state index is 12.5. The molecule has 2 atom stereocenters. The first-order valence-electron chi connectivity index (χ1n) is 8.04. The Morgan fingerprint density at radius 2 is 2.10 bits per heavy atom. The van der Waals surface area contributed by atoms with E-state index in [-0.39, 0.29) is 17.9 Å². The normalized spacial score (nSPS) is 27.4. The minimum atomic E-state index is -0.345. The minimum absolute atomic E-state index is 0.137. The van der Waals surface area contributed by atoms with Gasteiger partial charge in [-0.3, -0.25) is 14.5 Å². The Morgan fingerprint density at radius 1 is 1.29 bits per heavy atom. The van der Waals surface area contributed by atoms with Crippen molar-refractivity contribution in [3.05, 3.63) is 0 Å². The van der Waals surface area contributed by atoms with Crippen molar-refractivity contribution in [3.8, 4) is 0 Å². The first-order valence-corrected chi connectivity index (χ1v) is 8.04. The summed E-state index contributed by atoms with van der Waals surface area (Å²) in [5, 5.41) is 3.20. The molecule has 2 rings (SSSR count). The van der Waals surface area contributed by atoms with Crippen LogP contribution < -0.4 is 5.32 Å². The fourth-order valence-corrected chi connectivity index (χ4v) is 3.14. The van der Waals surface area contributed by atoms with Crippen molar-refractivity contribution in [2.45, 2.75) is 45.2 Å². The molecule has 0 spiro atoms. The molecule has 0 bridgehead atoms. The Kier molecular flexibility index (Phi) is 5.99. The Labute approximate surface area is 126 Å². The van der Waals surface area contributed by atoms with Gasteiger partial charge in [0.2, 0.25) is 5.91 Å². The predicted molar refractivity (Wildman–Crippen MR) is 79.9 cm³/mol. The number of nitrogens with one attached hydrogen (secondary N) is 1. The number of hydrogen-bond acceptors (Lipinski definition) is 5. The van der Waals surface area contributed by atoms with Crippen LogP contribution in [0.25, 0.3) is 0 Å². The third-order valence-corrected chi connectivity index (χ3v) is 4.37. The summed E-state index contributed by atoms with van der Waals surface area (Å²) in [6.07, 6.45) is 3.36. The molecule has 0 aromatic carbocycles. The average Bonchev–Trinajstić information content (AvgIpc) is 2.48. The molecule has 2 saturated heterocycles. The van der Waals surface area contributed by atoms with Gasteiger partial charge in [-0.1, -0.05) is 0 Å². The number of ether oxygens (including phenoxy) is 1. The van der Waals surface area contributed by atoms with Gasteiger partial charge in [0, 0.05) is 32.2 Å². The lowest BCUT2D eigenvalue weighted by Gasteiger charge is -2.38. The quantitative estimate of drug-likeness (QED) is 0.753. The number of piperidine rings is 1. The number of carbonyl (C=O) groups excluding carboxylic acids is 2. The van der Waals surface area contributed by atoms with Gasteiger partial charge in [-0.2, -0.15) is 0 Å². The molecular formula is C15H27N3O3. The van der Waals surface area contributed by atoms with Crippen LogP contribution in [0.4, 0.5) is 0 Å². The molecule has 0 aliphatic carbocycles. The second-order valence-electron chi connectivity index (χ2n) is 5.87. The molecule has 21 heavy (non-hydrogen) atoms. The molecule has 6 nitrogen and oxygen atoms in total. The second kappa shape index (κ2) is 7.75. The molecule has 2 fully saturated rings. The maximum atomic E-state index is 12.5. The van der Waals surface area contributed by atoms with E-state index < -0.39 is 0 Å². The lowest BCUT2D eigenvalue weighted by atomic mass is 10.0. The largest absolute Gasteiger partial charge is 0.465 e. The van der Waals surface area contributed by atoms with Crippen LogP contribution in [0.3, 0.4) is 0 Å². The Balaban J connectivity index is 1.94. The van der Waals surface area contributed by atoms with Gasteiger partial charge in [0.25, 0.3) is 0 Å². The molecule has 0 aromatic rings. The minimum Gasteiger partial charge on any atom is -0.465 e. The van der Waals surface area contributed by atoms with Gasteiger partial charge in [-0.15, -0.1) is 0 Å². The van der Waals surface area contributed by atoms with Gasteiger partial charge in [0.1, 0.15) is 6.04 Å². The second-order valence-corrected chi connectivity index (χ2v) is 5.87. The lowest BCUT2D eigenvalue weighted by Crippen LogP contribution is -2.58. The van der Waals surface area contributed by atoms with E-state index in [9.17, 15) is 9.59 Å². The van der Waals surface area contributed by atoms with Crippen LogP contribution in [0.15, 0.2) is 0 Å². The number of esters is 1.